The third-order valence-electron chi connectivity index (χ3n) is 3.48. The fraction of sp³-hybridized carbons (Fsp3) is 0.692. The van der Waals surface area contributed by atoms with Crippen molar-refractivity contribution in [1.82, 2.24) is 25.0 Å². The van der Waals surface area contributed by atoms with Crippen molar-refractivity contribution in [2.75, 3.05) is 39.8 Å². The Bertz CT molecular complexity index is 506. The van der Waals surface area contributed by atoms with Gasteiger partial charge in [0.05, 0.1) is 13.7 Å². The lowest BCUT2D eigenvalue weighted by molar-refractivity contribution is -0.142. The van der Waals surface area contributed by atoms with Crippen molar-refractivity contribution in [3.05, 3.63) is 11.6 Å². The number of aromatic amines is 1. The first kappa shape index (κ1) is 15.4. The van der Waals surface area contributed by atoms with Crippen LogP contribution in [0, 0.1) is 0 Å². The second-order valence-corrected chi connectivity index (χ2v) is 5.34. The maximum absolute atomic E-state index is 12.3. The molecule has 1 N–H and O–H groups in total. The van der Waals surface area contributed by atoms with Gasteiger partial charge in [0.15, 0.2) is 0 Å². The zero-order valence-electron chi connectivity index (χ0n) is 12.6. The van der Waals surface area contributed by atoms with Crippen molar-refractivity contribution in [3.63, 3.8) is 0 Å². The number of esters is 1. The Kier molecular flexibility index (Phi) is 4.89. The van der Waals surface area contributed by atoms with Gasteiger partial charge in [0.2, 0.25) is 5.82 Å². The van der Waals surface area contributed by atoms with E-state index in [-0.39, 0.29) is 30.2 Å². The summed E-state index contributed by atoms with van der Waals surface area (Å²) in [6.07, 6.45) is 0. The van der Waals surface area contributed by atoms with Gasteiger partial charge >= 0.3 is 5.97 Å². The molecule has 0 radical (unpaired) electrons. The van der Waals surface area contributed by atoms with Crippen LogP contribution in [0.25, 0.3) is 0 Å². The topological polar surface area (TPSA) is 91.4 Å². The molecular formula is C13H21N5O3. The summed E-state index contributed by atoms with van der Waals surface area (Å²) in [6, 6.07) is 0. The molecule has 0 aromatic carbocycles. The predicted octanol–water partition coefficient (Wildman–Crippen LogP) is -0.141. The van der Waals surface area contributed by atoms with Crippen LogP contribution in [-0.2, 0) is 9.53 Å². The molecule has 0 atom stereocenters. The van der Waals surface area contributed by atoms with E-state index in [0.717, 1.165) is 0 Å². The second-order valence-electron chi connectivity index (χ2n) is 5.34. The van der Waals surface area contributed by atoms with Gasteiger partial charge in [-0.15, -0.1) is 5.10 Å². The fourth-order valence-corrected chi connectivity index (χ4v) is 2.13. The van der Waals surface area contributed by atoms with Crippen LogP contribution < -0.4 is 0 Å². The molecule has 0 unspecified atom stereocenters. The van der Waals surface area contributed by atoms with E-state index in [2.05, 4.69) is 19.9 Å². The van der Waals surface area contributed by atoms with Crippen molar-refractivity contribution in [1.29, 1.82) is 0 Å². The van der Waals surface area contributed by atoms with E-state index in [4.69, 9.17) is 0 Å². The minimum absolute atomic E-state index is 0.170. The first-order valence-electron chi connectivity index (χ1n) is 7.02. The Hall–Kier alpha value is -1.96. The Labute approximate surface area is 123 Å². The standard InChI is InChI=1S/C13H21N5O3/c1-9(2)11-14-12(16-15-11)13(20)18-6-4-17(5-7-18)8-10(19)21-3/h9H,4-8H2,1-3H3,(H,14,15,16). The van der Waals surface area contributed by atoms with Crippen LogP contribution in [0.3, 0.4) is 0 Å². The van der Waals surface area contributed by atoms with Gasteiger partial charge in [-0.1, -0.05) is 13.8 Å². The number of H-pyrrole nitrogens is 1. The number of hydrogen-bond donors (Lipinski definition) is 1. The van der Waals surface area contributed by atoms with Gasteiger partial charge in [-0.3, -0.25) is 19.6 Å². The van der Waals surface area contributed by atoms with Crippen molar-refractivity contribution in [2.45, 2.75) is 19.8 Å². The summed E-state index contributed by atoms with van der Waals surface area (Å²) < 4.78 is 4.64. The number of amides is 1. The lowest BCUT2D eigenvalue weighted by Gasteiger charge is -2.33. The Morgan fingerprint density at radius 1 is 1.29 bits per heavy atom. The molecule has 1 saturated heterocycles. The molecule has 2 heterocycles. The number of methoxy groups -OCH3 is 1. The van der Waals surface area contributed by atoms with E-state index in [1.54, 1.807) is 4.90 Å². The maximum atomic E-state index is 12.3. The number of nitrogens with one attached hydrogen (secondary N) is 1. The monoisotopic (exact) mass is 295 g/mol. The van der Waals surface area contributed by atoms with Gasteiger partial charge in [0.1, 0.15) is 5.82 Å². The van der Waals surface area contributed by atoms with Crippen molar-refractivity contribution in [3.8, 4) is 0 Å². The third kappa shape index (κ3) is 3.78. The largest absolute Gasteiger partial charge is 0.468 e. The number of nitrogens with zero attached hydrogens (tertiary/aromatic N) is 4. The first-order chi connectivity index (χ1) is 10.0. The van der Waals surface area contributed by atoms with E-state index in [9.17, 15) is 9.59 Å². The zero-order valence-corrected chi connectivity index (χ0v) is 12.6. The minimum Gasteiger partial charge on any atom is -0.468 e. The quantitative estimate of drug-likeness (QED) is 0.777. The SMILES string of the molecule is COC(=O)CN1CCN(C(=O)c2n[nH]c(C(C)C)n2)CC1. The van der Waals surface area contributed by atoms with Crippen LogP contribution in [0.1, 0.15) is 36.2 Å². The maximum Gasteiger partial charge on any atom is 0.319 e. The fourth-order valence-electron chi connectivity index (χ4n) is 2.13. The number of carbonyl (C=O) groups is 2. The number of aromatic nitrogens is 3. The smallest absolute Gasteiger partial charge is 0.319 e. The summed E-state index contributed by atoms with van der Waals surface area (Å²) >= 11 is 0. The Morgan fingerprint density at radius 2 is 1.95 bits per heavy atom. The van der Waals surface area contributed by atoms with Gasteiger partial charge in [0, 0.05) is 32.1 Å². The number of piperazine rings is 1. The van der Waals surface area contributed by atoms with Crippen LogP contribution >= 0.6 is 0 Å². The second kappa shape index (κ2) is 6.66. The van der Waals surface area contributed by atoms with Crippen LogP contribution in [0.2, 0.25) is 0 Å². The lowest BCUT2D eigenvalue weighted by atomic mass is 10.2. The molecule has 8 nitrogen and oxygen atoms in total. The summed E-state index contributed by atoms with van der Waals surface area (Å²) in [4.78, 5) is 31.4. The molecule has 1 aliphatic rings. The molecule has 1 aromatic heterocycles. The van der Waals surface area contributed by atoms with Crippen LogP contribution in [0.15, 0.2) is 0 Å². The van der Waals surface area contributed by atoms with Crippen molar-refractivity contribution < 1.29 is 14.3 Å². The Balaban J connectivity index is 1.89. The molecule has 0 spiro atoms. The average Bonchev–Trinajstić information content (AvgIpc) is 2.97. The normalized spacial score (nSPS) is 16.3. The highest BCUT2D eigenvalue weighted by Crippen LogP contribution is 2.10. The molecule has 0 saturated carbocycles. The van der Waals surface area contributed by atoms with Crippen molar-refractivity contribution in [2.24, 2.45) is 0 Å². The van der Waals surface area contributed by atoms with Crippen LogP contribution in [-0.4, -0.2) is 76.7 Å². The van der Waals surface area contributed by atoms with Gasteiger partial charge in [-0.05, 0) is 0 Å². The molecule has 21 heavy (non-hydrogen) atoms. The summed E-state index contributed by atoms with van der Waals surface area (Å²) in [6.45, 7) is 6.63. The highest BCUT2D eigenvalue weighted by Gasteiger charge is 2.26. The molecule has 1 amide bonds. The van der Waals surface area contributed by atoms with Crippen LogP contribution in [0.5, 0.6) is 0 Å². The summed E-state index contributed by atoms with van der Waals surface area (Å²) in [7, 11) is 1.37. The van der Waals surface area contributed by atoms with E-state index in [1.165, 1.54) is 7.11 Å². The third-order valence-corrected chi connectivity index (χ3v) is 3.48. The number of rotatable bonds is 4. The van der Waals surface area contributed by atoms with E-state index < -0.39 is 0 Å². The zero-order chi connectivity index (χ0) is 15.4. The van der Waals surface area contributed by atoms with Crippen molar-refractivity contribution >= 4 is 11.9 Å². The molecule has 0 bridgehead atoms. The summed E-state index contributed by atoms with van der Waals surface area (Å²) in [5.41, 5.74) is 0. The van der Waals surface area contributed by atoms with E-state index in [1.807, 2.05) is 18.7 Å². The first-order valence-corrected chi connectivity index (χ1v) is 7.02. The van der Waals surface area contributed by atoms with Gasteiger partial charge in [-0.25, -0.2) is 4.98 Å². The molecule has 0 aliphatic carbocycles. The molecule has 1 fully saturated rings. The van der Waals surface area contributed by atoms with E-state index >= 15 is 0 Å². The average molecular weight is 295 g/mol. The van der Waals surface area contributed by atoms with Gasteiger partial charge < -0.3 is 9.64 Å². The lowest BCUT2D eigenvalue weighted by Crippen LogP contribution is -2.50. The summed E-state index contributed by atoms with van der Waals surface area (Å²) in [5.74, 6) is 0.694. The molecule has 8 heteroatoms. The van der Waals surface area contributed by atoms with E-state index in [0.29, 0.717) is 32.0 Å². The highest BCUT2D eigenvalue weighted by molar-refractivity contribution is 5.90. The predicted molar refractivity (Wildman–Crippen MR) is 74.8 cm³/mol. The van der Waals surface area contributed by atoms with Gasteiger partial charge in [0.25, 0.3) is 5.91 Å². The minimum atomic E-state index is -0.259. The number of carbonyl (C=O) groups excluding carboxylic acids is 2. The molecule has 2 rings (SSSR count). The number of ether oxygens (including phenoxy) is 1. The Morgan fingerprint density at radius 3 is 2.48 bits per heavy atom. The van der Waals surface area contributed by atoms with Gasteiger partial charge in [-0.2, -0.15) is 0 Å². The molecule has 116 valence electrons. The van der Waals surface area contributed by atoms with Crippen LogP contribution in [0.4, 0.5) is 0 Å². The molecular weight excluding hydrogens is 274 g/mol. The summed E-state index contributed by atoms with van der Waals surface area (Å²) in [5, 5.41) is 6.77. The molecule has 1 aliphatic heterocycles. The number of hydrogen-bond acceptors (Lipinski definition) is 6. The molecule has 1 aromatic rings. The highest BCUT2D eigenvalue weighted by atomic mass is 16.5.